The SMILES string of the molecule is C[N+](C)(C)c1ccccc1OCC(O)COc1ccccc1[N+](C)(C)C.[I-].[I-]. The van der Waals surface area contributed by atoms with E-state index in [1.165, 1.54) is 0 Å². The summed E-state index contributed by atoms with van der Waals surface area (Å²) in [6.45, 7) is 0.368. The van der Waals surface area contributed by atoms with Crippen LogP contribution in [0.25, 0.3) is 0 Å². The van der Waals surface area contributed by atoms with Crippen molar-refractivity contribution < 1.29 is 62.5 Å². The molecule has 0 heterocycles. The molecule has 2 aromatic carbocycles. The van der Waals surface area contributed by atoms with Crippen LogP contribution in [0.2, 0.25) is 0 Å². The van der Waals surface area contributed by atoms with Gasteiger partial charge in [-0.2, -0.15) is 0 Å². The van der Waals surface area contributed by atoms with Crippen LogP contribution in [0.15, 0.2) is 48.5 Å². The van der Waals surface area contributed by atoms with Crippen molar-refractivity contribution in [2.75, 3.05) is 55.5 Å². The smallest absolute Gasteiger partial charge is 0.180 e. The van der Waals surface area contributed by atoms with E-state index < -0.39 is 6.10 Å². The summed E-state index contributed by atoms with van der Waals surface area (Å²) >= 11 is 0. The molecule has 0 aromatic heterocycles. The van der Waals surface area contributed by atoms with E-state index in [-0.39, 0.29) is 61.2 Å². The molecule has 0 aliphatic carbocycles. The molecule has 5 nitrogen and oxygen atoms in total. The van der Waals surface area contributed by atoms with Crippen molar-refractivity contribution in [2.45, 2.75) is 6.10 Å². The largest absolute Gasteiger partial charge is 1.00 e. The number of benzene rings is 2. The average Bonchev–Trinajstić information content (AvgIpc) is 2.57. The first-order chi connectivity index (χ1) is 12.1. The van der Waals surface area contributed by atoms with E-state index in [2.05, 4.69) is 42.3 Å². The fourth-order valence-corrected chi connectivity index (χ4v) is 2.69. The van der Waals surface area contributed by atoms with Gasteiger partial charge < -0.3 is 62.5 Å². The number of aliphatic hydroxyl groups excluding tert-OH is 1. The van der Waals surface area contributed by atoms with Gasteiger partial charge in [0.15, 0.2) is 22.9 Å². The molecule has 0 bridgehead atoms. The van der Waals surface area contributed by atoms with Crippen LogP contribution in [0.5, 0.6) is 11.5 Å². The number of aliphatic hydroxyl groups is 1. The van der Waals surface area contributed by atoms with Crippen molar-refractivity contribution in [3.63, 3.8) is 0 Å². The van der Waals surface area contributed by atoms with Crippen molar-refractivity contribution >= 4 is 11.4 Å². The van der Waals surface area contributed by atoms with Crippen molar-refractivity contribution in [1.29, 1.82) is 0 Å². The van der Waals surface area contributed by atoms with Gasteiger partial charge in [-0.1, -0.05) is 24.3 Å². The van der Waals surface area contributed by atoms with E-state index in [9.17, 15) is 5.11 Å². The van der Waals surface area contributed by atoms with Gasteiger partial charge in [0, 0.05) is 12.1 Å². The number of rotatable bonds is 8. The minimum atomic E-state index is -0.712. The Bertz CT molecular complexity index is 667. The second kappa shape index (κ2) is 11.5. The maximum atomic E-state index is 10.3. The number of halogens is 2. The molecule has 2 aromatic rings. The summed E-state index contributed by atoms with van der Waals surface area (Å²) in [6.07, 6.45) is -0.712. The van der Waals surface area contributed by atoms with Gasteiger partial charge in [0.05, 0.1) is 42.3 Å². The minimum Gasteiger partial charge on any atom is -1.00 e. The van der Waals surface area contributed by atoms with Crippen LogP contribution in [0.1, 0.15) is 0 Å². The molecular formula is C21H32I2N2O3. The summed E-state index contributed by atoms with van der Waals surface area (Å²) in [5.74, 6) is 1.57. The molecule has 0 spiro atoms. The molecule has 0 aliphatic heterocycles. The van der Waals surface area contributed by atoms with E-state index in [0.717, 1.165) is 22.9 Å². The second-order valence-corrected chi connectivity index (χ2v) is 8.24. The lowest BCUT2D eigenvalue weighted by Crippen LogP contribution is -3.00. The van der Waals surface area contributed by atoms with Crippen LogP contribution in [-0.2, 0) is 0 Å². The molecule has 0 amide bonds. The Hall–Kier alpha value is -0.620. The fraction of sp³-hybridized carbons (Fsp3) is 0.429. The van der Waals surface area contributed by atoms with Crippen LogP contribution in [0.4, 0.5) is 11.4 Å². The summed E-state index contributed by atoms with van der Waals surface area (Å²) in [5.41, 5.74) is 2.13. The average molecular weight is 614 g/mol. The van der Waals surface area contributed by atoms with E-state index in [4.69, 9.17) is 9.47 Å². The van der Waals surface area contributed by atoms with E-state index >= 15 is 0 Å². The molecule has 0 fully saturated rings. The summed E-state index contributed by atoms with van der Waals surface area (Å²) in [5, 5.41) is 10.3. The molecular weight excluding hydrogens is 582 g/mol. The highest BCUT2D eigenvalue weighted by atomic mass is 127. The maximum Gasteiger partial charge on any atom is 0.180 e. The van der Waals surface area contributed by atoms with Gasteiger partial charge in [0.1, 0.15) is 19.3 Å². The molecule has 0 atom stereocenters. The zero-order chi connectivity index (χ0) is 19.4. The van der Waals surface area contributed by atoms with Crippen molar-refractivity contribution in [3.05, 3.63) is 48.5 Å². The Labute approximate surface area is 203 Å². The molecule has 1 N–H and O–H groups in total. The Balaban J connectivity index is 0.00000364. The van der Waals surface area contributed by atoms with Gasteiger partial charge in [-0.05, 0) is 12.1 Å². The van der Waals surface area contributed by atoms with Crippen molar-refractivity contribution in [1.82, 2.24) is 8.97 Å². The first-order valence-corrected chi connectivity index (χ1v) is 8.85. The van der Waals surface area contributed by atoms with E-state index in [0.29, 0.717) is 8.97 Å². The first-order valence-electron chi connectivity index (χ1n) is 8.85. The molecule has 0 unspecified atom stereocenters. The normalized spacial score (nSPS) is 11.4. The van der Waals surface area contributed by atoms with Crippen LogP contribution in [0.3, 0.4) is 0 Å². The Morgan fingerprint density at radius 1 is 0.679 bits per heavy atom. The molecule has 0 saturated heterocycles. The number of hydrogen-bond acceptors (Lipinski definition) is 3. The van der Waals surface area contributed by atoms with E-state index in [1.54, 1.807) is 0 Å². The van der Waals surface area contributed by atoms with Crippen LogP contribution < -0.4 is 66.4 Å². The quantitative estimate of drug-likeness (QED) is 0.254. The fourth-order valence-electron chi connectivity index (χ4n) is 2.69. The third kappa shape index (κ3) is 8.02. The lowest BCUT2D eigenvalue weighted by atomic mass is 10.2. The lowest BCUT2D eigenvalue weighted by Gasteiger charge is -2.26. The number of quaternary nitrogens is 2. The van der Waals surface area contributed by atoms with Crippen molar-refractivity contribution in [3.8, 4) is 11.5 Å². The molecule has 0 aliphatic rings. The summed E-state index contributed by atoms with van der Waals surface area (Å²) in [6, 6.07) is 15.8. The van der Waals surface area contributed by atoms with E-state index in [1.807, 2.05) is 48.5 Å². The highest BCUT2D eigenvalue weighted by molar-refractivity contribution is 5.55. The van der Waals surface area contributed by atoms with Gasteiger partial charge in [-0.25, -0.2) is 0 Å². The van der Waals surface area contributed by atoms with Gasteiger partial charge in [0.2, 0.25) is 0 Å². The van der Waals surface area contributed by atoms with Gasteiger partial charge in [0.25, 0.3) is 0 Å². The maximum absolute atomic E-state index is 10.3. The van der Waals surface area contributed by atoms with Gasteiger partial charge in [-0.3, -0.25) is 8.97 Å². The lowest BCUT2D eigenvalue weighted by molar-refractivity contribution is -0.001000. The highest BCUT2D eigenvalue weighted by Crippen LogP contribution is 2.31. The molecule has 2 rings (SSSR count). The Morgan fingerprint density at radius 3 is 1.32 bits per heavy atom. The third-order valence-corrected chi connectivity index (χ3v) is 4.04. The predicted octanol–water partition coefficient (Wildman–Crippen LogP) is -3.09. The molecule has 7 heteroatoms. The van der Waals surface area contributed by atoms with Gasteiger partial charge in [-0.15, -0.1) is 0 Å². The number of hydrogen-bond donors (Lipinski definition) is 1. The second-order valence-electron chi connectivity index (χ2n) is 8.24. The Kier molecular flexibility index (Phi) is 11.3. The zero-order valence-corrected chi connectivity index (χ0v) is 21.8. The third-order valence-electron chi connectivity index (χ3n) is 4.04. The summed E-state index contributed by atoms with van der Waals surface area (Å²) < 4.78 is 13.0. The summed E-state index contributed by atoms with van der Waals surface area (Å²) in [7, 11) is 12.5. The predicted molar refractivity (Wildman–Crippen MR) is 109 cm³/mol. The molecule has 0 saturated carbocycles. The number of para-hydroxylation sites is 4. The first kappa shape index (κ1) is 27.4. The standard InChI is InChI=1S/C21H32N2O3.2HI/c1-22(2,3)18-11-7-9-13-20(18)25-15-17(24)16-26-21-14-10-8-12-19(21)23(4,5)6;;/h7-14,17,24H,15-16H2,1-6H3;2*1H/q+2;;/p-2. The molecule has 28 heavy (non-hydrogen) atoms. The summed E-state index contributed by atoms with van der Waals surface area (Å²) in [4.78, 5) is 0. The van der Waals surface area contributed by atoms with Crippen molar-refractivity contribution in [2.24, 2.45) is 0 Å². The zero-order valence-electron chi connectivity index (χ0n) is 17.5. The van der Waals surface area contributed by atoms with Gasteiger partial charge >= 0.3 is 0 Å². The highest BCUT2D eigenvalue weighted by Gasteiger charge is 2.21. The monoisotopic (exact) mass is 614 g/mol. The minimum absolute atomic E-state index is 0. The number of ether oxygens (including phenoxy) is 2. The number of nitrogens with zero attached hydrogens (tertiary/aromatic N) is 2. The topological polar surface area (TPSA) is 38.7 Å². The van der Waals surface area contributed by atoms with Crippen LogP contribution >= 0.6 is 0 Å². The molecule has 158 valence electrons. The van der Waals surface area contributed by atoms with Crippen LogP contribution in [0, 0.1) is 0 Å². The Morgan fingerprint density at radius 2 is 1.00 bits per heavy atom. The van der Waals surface area contributed by atoms with Crippen LogP contribution in [-0.4, -0.2) is 66.7 Å². The molecule has 0 radical (unpaired) electrons.